The van der Waals surface area contributed by atoms with E-state index < -0.39 is 23.8 Å². The lowest BCUT2D eigenvalue weighted by Crippen LogP contribution is -2.45. The van der Waals surface area contributed by atoms with Crippen LogP contribution in [-0.4, -0.2) is 24.8 Å². The van der Waals surface area contributed by atoms with Crippen LogP contribution in [0.4, 0.5) is 5.69 Å². The highest BCUT2D eigenvalue weighted by molar-refractivity contribution is 6.34. The third kappa shape index (κ3) is 4.79. The van der Waals surface area contributed by atoms with Crippen LogP contribution >= 0.6 is 23.2 Å². The second-order valence-electron chi connectivity index (χ2n) is 8.16. The van der Waals surface area contributed by atoms with Crippen LogP contribution < -0.4 is 15.5 Å². The molecular formula is C26H23Cl2N3O3. The molecule has 0 bridgehead atoms. The topological polar surface area (TPSA) is 78.5 Å². The zero-order valence-corrected chi connectivity index (χ0v) is 20.2. The van der Waals surface area contributed by atoms with E-state index in [4.69, 9.17) is 23.2 Å². The van der Waals surface area contributed by atoms with Crippen LogP contribution in [0.2, 0.25) is 10.0 Å². The van der Waals surface area contributed by atoms with Crippen LogP contribution in [0.1, 0.15) is 24.1 Å². The van der Waals surface area contributed by atoms with Crippen molar-refractivity contribution in [3.63, 3.8) is 0 Å². The van der Waals surface area contributed by atoms with E-state index >= 15 is 0 Å². The van der Waals surface area contributed by atoms with Crippen LogP contribution in [0.3, 0.4) is 0 Å². The molecule has 0 saturated heterocycles. The number of hydrogen-bond donors (Lipinski definition) is 2. The molecule has 174 valence electrons. The molecule has 34 heavy (non-hydrogen) atoms. The molecular weight excluding hydrogens is 473 g/mol. The van der Waals surface area contributed by atoms with Crippen molar-refractivity contribution >= 4 is 46.6 Å². The summed E-state index contributed by atoms with van der Waals surface area (Å²) in [6.45, 7) is 1.67. The van der Waals surface area contributed by atoms with Gasteiger partial charge in [0.25, 0.3) is 5.91 Å². The number of fused-ring (bicyclic) bond motifs is 3. The Balaban J connectivity index is 1.52. The predicted octanol–water partition coefficient (Wildman–Crippen LogP) is 4.75. The Kier molecular flexibility index (Phi) is 6.91. The minimum Gasteiger partial charge on any atom is -0.351 e. The third-order valence-corrected chi connectivity index (χ3v) is 6.30. The molecule has 0 fully saturated rings. The number of hydrogen-bond acceptors (Lipinski definition) is 3. The summed E-state index contributed by atoms with van der Waals surface area (Å²) in [5.41, 5.74) is 3.90. The van der Waals surface area contributed by atoms with E-state index in [0.29, 0.717) is 21.2 Å². The van der Waals surface area contributed by atoms with Gasteiger partial charge in [0.1, 0.15) is 12.0 Å². The summed E-state index contributed by atoms with van der Waals surface area (Å²) in [6.07, 6.45) is 0. The number of anilines is 1. The van der Waals surface area contributed by atoms with Crippen LogP contribution in [-0.2, 0) is 20.9 Å². The van der Waals surface area contributed by atoms with Gasteiger partial charge >= 0.3 is 0 Å². The number of nitrogens with zero attached hydrogens (tertiary/aromatic N) is 1. The maximum Gasteiger partial charge on any atom is 0.253 e. The number of halogens is 2. The molecule has 3 aromatic carbocycles. The quantitative estimate of drug-likeness (QED) is 0.501. The number of amides is 3. The van der Waals surface area contributed by atoms with Crippen molar-refractivity contribution < 1.29 is 14.4 Å². The second kappa shape index (κ2) is 9.87. The minimum absolute atomic E-state index is 0.167. The summed E-state index contributed by atoms with van der Waals surface area (Å²) in [4.78, 5) is 40.6. The van der Waals surface area contributed by atoms with Gasteiger partial charge in [-0.1, -0.05) is 65.7 Å². The SMILES string of the molecule is C[C@H](C(=O)NCc1cc(Cl)cc(Cl)c1)C(=O)N[C@H]1C(=O)N(C)c2ccccc2-c2ccccc21. The van der Waals surface area contributed by atoms with Crippen molar-refractivity contribution in [3.8, 4) is 11.1 Å². The van der Waals surface area contributed by atoms with Gasteiger partial charge in [0, 0.05) is 29.2 Å². The summed E-state index contributed by atoms with van der Waals surface area (Å²) in [5.74, 6) is -2.33. The molecule has 3 aromatic rings. The summed E-state index contributed by atoms with van der Waals surface area (Å²) in [5, 5.41) is 6.43. The van der Waals surface area contributed by atoms with E-state index in [1.165, 1.54) is 11.8 Å². The van der Waals surface area contributed by atoms with Crippen LogP contribution in [0.25, 0.3) is 11.1 Å². The summed E-state index contributed by atoms with van der Waals surface area (Å²) in [7, 11) is 1.68. The molecule has 1 aliphatic rings. The molecule has 4 rings (SSSR count). The molecule has 0 aromatic heterocycles. The fourth-order valence-electron chi connectivity index (χ4n) is 4.01. The third-order valence-electron chi connectivity index (χ3n) is 5.87. The highest BCUT2D eigenvalue weighted by atomic mass is 35.5. The molecule has 3 amide bonds. The average molecular weight is 496 g/mol. The Labute approximate surface area is 207 Å². The highest BCUT2D eigenvalue weighted by Crippen LogP contribution is 2.39. The number of likely N-dealkylation sites (N-methyl/N-ethyl adjacent to an activating group) is 1. The van der Waals surface area contributed by atoms with E-state index in [9.17, 15) is 14.4 Å². The smallest absolute Gasteiger partial charge is 0.253 e. The lowest BCUT2D eigenvalue weighted by molar-refractivity contribution is -0.136. The van der Waals surface area contributed by atoms with E-state index in [0.717, 1.165) is 16.8 Å². The molecule has 2 atom stereocenters. The van der Waals surface area contributed by atoms with E-state index in [2.05, 4.69) is 10.6 Å². The van der Waals surface area contributed by atoms with Crippen molar-refractivity contribution in [2.24, 2.45) is 5.92 Å². The monoisotopic (exact) mass is 495 g/mol. The van der Waals surface area contributed by atoms with Crippen molar-refractivity contribution in [2.45, 2.75) is 19.5 Å². The van der Waals surface area contributed by atoms with Crippen LogP contribution in [0.5, 0.6) is 0 Å². The molecule has 0 radical (unpaired) electrons. The Morgan fingerprint density at radius 1 is 0.941 bits per heavy atom. The first kappa shape index (κ1) is 23.8. The van der Waals surface area contributed by atoms with Crippen molar-refractivity contribution in [1.82, 2.24) is 10.6 Å². The van der Waals surface area contributed by atoms with Crippen molar-refractivity contribution in [2.75, 3.05) is 11.9 Å². The van der Waals surface area contributed by atoms with Gasteiger partial charge in [0.2, 0.25) is 11.8 Å². The standard InChI is InChI=1S/C26H23Cl2N3O3/c1-15(24(32)29-14-16-11-17(27)13-18(28)12-16)25(33)30-23-21-9-4-3-7-19(21)20-8-5-6-10-22(20)31(2)26(23)34/h3-13,15,23H,14H2,1-2H3,(H,29,32)(H,30,33)/t15-,23-/m1/s1. The van der Waals surface area contributed by atoms with Crippen molar-refractivity contribution in [3.05, 3.63) is 87.9 Å². The molecule has 0 aliphatic carbocycles. The zero-order valence-electron chi connectivity index (χ0n) is 18.6. The fraction of sp³-hybridized carbons (Fsp3) is 0.192. The van der Waals surface area contributed by atoms with Gasteiger partial charge in [-0.15, -0.1) is 0 Å². The summed E-state index contributed by atoms with van der Waals surface area (Å²) < 4.78 is 0. The number of para-hydroxylation sites is 1. The Bertz CT molecular complexity index is 1260. The molecule has 8 heteroatoms. The lowest BCUT2D eigenvalue weighted by Gasteiger charge is -2.24. The van der Waals surface area contributed by atoms with Gasteiger partial charge in [0.05, 0.1) is 5.69 Å². The molecule has 1 aliphatic heterocycles. The first-order valence-electron chi connectivity index (χ1n) is 10.7. The van der Waals surface area contributed by atoms with E-state index in [-0.39, 0.29) is 12.5 Å². The van der Waals surface area contributed by atoms with Gasteiger partial charge in [-0.3, -0.25) is 14.4 Å². The summed E-state index contributed by atoms with van der Waals surface area (Å²) in [6, 6.07) is 19.1. The Morgan fingerprint density at radius 2 is 1.56 bits per heavy atom. The normalized spacial score (nSPS) is 15.6. The molecule has 0 saturated carbocycles. The highest BCUT2D eigenvalue weighted by Gasteiger charge is 2.34. The van der Waals surface area contributed by atoms with Gasteiger partial charge in [0.15, 0.2) is 0 Å². The number of carbonyl (C=O) groups is 3. The maximum atomic E-state index is 13.4. The minimum atomic E-state index is -1.02. The lowest BCUT2D eigenvalue weighted by atomic mass is 9.95. The zero-order chi connectivity index (χ0) is 24.4. The van der Waals surface area contributed by atoms with Crippen LogP contribution in [0.15, 0.2) is 66.7 Å². The largest absolute Gasteiger partial charge is 0.351 e. The molecule has 1 heterocycles. The average Bonchev–Trinajstić information content (AvgIpc) is 2.91. The predicted molar refractivity (Wildman–Crippen MR) is 134 cm³/mol. The Hall–Kier alpha value is -3.35. The fourth-order valence-corrected chi connectivity index (χ4v) is 4.59. The van der Waals surface area contributed by atoms with E-state index in [1.54, 1.807) is 25.2 Å². The number of carbonyl (C=O) groups excluding carboxylic acids is 3. The first-order chi connectivity index (χ1) is 16.3. The van der Waals surface area contributed by atoms with Crippen molar-refractivity contribution in [1.29, 1.82) is 0 Å². The van der Waals surface area contributed by atoms with Gasteiger partial charge in [-0.25, -0.2) is 0 Å². The van der Waals surface area contributed by atoms with E-state index in [1.807, 2.05) is 48.5 Å². The maximum absolute atomic E-state index is 13.4. The number of nitrogens with one attached hydrogen (secondary N) is 2. The second-order valence-corrected chi connectivity index (χ2v) is 9.03. The van der Waals surface area contributed by atoms with Gasteiger partial charge in [-0.2, -0.15) is 0 Å². The summed E-state index contributed by atoms with van der Waals surface area (Å²) >= 11 is 12.0. The first-order valence-corrected chi connectivity index (χ1v) is 11.5. The number of rotatable bonds is 5. The molecule has 0 unspecified atom stereocenters. The van der Waals surface area contributed by atoms with Gasteiger partial charge in [-0.05, 0) is 47.9 Å². The Morgan fingerprint density at radius 3 is 2.26 bits per heavy atom. The van der Waals surface area contributed by atoms with Gasteiger partial charge < -0.3 is 15.5 Å². The number of benzene rings is 3. The molecule has 6 nitrogen and oxygen atoms in total. The van der Waals surface area contributed by atoms with Crippen LogP contribution in [0, 0.1) is 5.92 Å². The molecule has 0 spiro atoms. The molecule has 2 N–H and O–H groups in total.